The molecule has 0 unspecified atom stereocenters. The second kappa shape index (κ2) is 5.70. The van der Waals surface area contributed by atoms with Gasteiger partial charge < -0.3 is 20.0 Å². The van der Waals surface area contributed by atoms with Gasteiger partial charge in [0.15, 0.2) is 0 Å². The molecule has 98 valence electrons. The van der Waals surface area contributed by atoms with Crippen LogP contribution in [0, 0.1) is 0 Å². The molecule has 0 aromatic rings. The second-order valence-corrected chi connectivity index (χ2v) is 5.44. The van der Waals surface area contributed by atoms with E-state index >= 15 is 0 Å². The average Bonchev–Trinajstić information content (AvgIpc) is 1.96. The first-order chi connectivity index (χ1) is 7.52. The number of hydrogen-bond acceptors (Lipinski definition) is 4. The summed E-state index contributed by atoms with van der Waals surface area (Å²) in [6.45, 7) is 8.87. The zero-order valence-corrected chi connectivity index (χ0v) is 11.0. The Morgan fingerprint density at radius 3 is 2.18 bits per heavy atom. The molecule has 0 radical (unpaired) electrons. The third kappa shape index (κ3) is 9.41. The number of alkyl carbamates (subject to hydrolysis) is 1. The molecule has 0 bridgehead atoms. The number of carbonyl (C=O) groups is 2. The van der Waals surface area contributed by atoms with Gasteiger partial charge in [-0.15, -0.1) is 0 Å². The summed E-state index contributed by atoms with van der Waals surface area (Å²) < 4.78 is 5.10. The van der Waals surface area contributed by atoms with Crippen molar-refractivity contribution in [3.05, 3.63) is 12.2 Å². The smallest absolute Gasteiger partial charge is 0.408 e. The minimum absolute atomic E-state index is 0.375. The van der Waals surface area contributed by atoms with E-state index < -0.39 is 23.2 Å². The summed E-state index contributed by atoms with van der Waals surface area (Å²) in [5.74, 6) is -1.25. The van der Waals surface area contributed by atoms with E-state index in [9.17, 15) is 14.7 Å². The lowest BCUT2D eigenvalue weighted by atomic mass is 10.0. The molecule has 0 spiro atoms. The number of carbonyl (C=O) groups excluding carboxylic acids is 2. The van der Waals surface area contributed by atoms with Crippen molar-refractivity contribution in [2.45, 2.75) is 52.2 Å². The molecule has 0 aliphatic rings. The number of carboxylic acid groups (broad SMARTS) is 1. The van der Waals surface area contributed by atoms with Gasteiger partial charge in [-0.3, -0.25) is 0 Å². The Morgan fingerprint density at radius 2 is 1.76 bits per heavy atom. The van der Waals surface area contributed by atoms with Crippen LogP contribution < -0.4 is 10.4 Å². The van der Waals surface area contributed by atoms with Crippen LogP contribution in [0.2, 0.25) is 0 Å². The standard InChI is InChI=1S/C12H21NO4/c1-11(2,3)17-10(16)13-12(4,5)8-6-7-9(14)15/h6-7H,8H2,1-5H3,(H,13,16)(H,14,15)/p-1/b7-6+. The molecule has 0 aliphatic heterocycles. The lowest BCUT2D eigenvalue weighted by Crippen LogP contribution is -2.45. The Hall–Kier alpha value is -1.52. The first-order valence-electron chi connectivity index (χ1n) is 5.40. The summed E-state index contributed by atoms with van der Waals surface area (Å²) in [5, 5.41) is 12.8. The third-order valence-corrected chi connectivity index (χ3v) is 1.72. The maximum Gasteiger partial charge on any atom is 0.408 e. The first kappa shape index (κ1) is 15.5. The average molecular weight is 242 g/mol. The van der Waals surface area contributed by atoms with Gasteiger partial charge in [-0.05, 0) is 47.1 Å². The van der Waals surface area contributed by atoms with Crippen LogP contribution in [0.4, 0.5) is 4.79 Å². The third-order valence-electron chi connectivity index (χ3n) is 1.72. The van der Waals surface area contributed by atoms with Crippen molar-refractivity contribution in [1.29, 1.82) is 0 Å². The summed E-state index contributed by atoms with van der Waals surface area (Å²) in [5.41, 5.74) is -1.13. The number of hydrogen-bond donors (Lipinski definition) is 1. The molecule has 0 fully saturated rings. The maximum atomic E-state index is 11.5. The van der Waals surface area contributed by atoms with E-state index in [0.29, 0.717) is 6.42 Å². The molecule has 17 heavy (non-hydrogen) atoms. The van der Waals surface area contributed by atoms with Crippen molar-refractivity contribution < 1.29 is 19.4 Å². The number of rotatable bonds is 4. The minimum atomic E-state index is -1.25. The van der Waals surface area contributed by atoms with Crippen LogP contribution in [-0.2, 0) is 9.53 Å². The van der Waals surface area contributed by atoms with Gasteiger partial charge in [0.05, 0.1) is 5.97 Å². The fourth-order valence-electron chi connectivity index (χ4n) is 1.08. The van der Waals surface area contributed by atoms with Crippen LogP contribution in [0.15, 0.2) is 12.2 Å². The Kier molecular flexibility index (Phi) is 5.19. The van der Waals surface area contributed by atoms with Gasteiger partial charge in [-0.25, -0.2) is 4.79 Å². The summed E-state index contributed by atoms with van der Waals surface area (Å²) in [6.07, 6.45) is 2.23. The van der Waals surface area contributed by atoms with Crippen LogP contribution in [0.25, 0.3) is 0 Å². The fourth-order valence-corrected chi connectivity index (χ4v) is 1.08. The molecule has 5 heteroatoms. The van der Waals surface area contributed by atoms with Crippen LogP contribution >= 0.6 is 0 Å². The van der Waals surface area contributed by atoms with E-state index in [1.54, 1.807) is 34.6 Å². The van der Waals surface area contributed by atoms with Gasteiger partial charge in [0.25, 0.3) is 0 Å². The molecule has 0 saturated heterocycles. The largest absolute Gasteiger partial charge is 0.545 e. The van der Waals surface area contributed by atoms with Gasteiger partial charge in [0.1, 0.15) is 5.60 Å². The van der Waals surface area contributed by atoms with Crippen LogP contribution in [0.1, 0.15) is 41.0 Å². The van der Waals surface area contributed by atoms with Gasteiger partial charge in [-0.1, -0.05) is 6.08 Å². The van der Waals surface area contributed by atoms with Gasteiger partial charge in [-0.2, -0.15) is 0 Å². The lowest BCUT2D eigenvalue weighted by molar-refractivity contribution is -0.297. The number of nitrogens with one attached hydrogen (secondary N) is 1. The monoisotopic (exact) mass is 242 g/mol. The van der Waals surface area contributed by atoms with Crippen molar-refractivity contribution in [2.75, 3.05) is 0 Å². The molecule has 1 N–H and O–H groups in total. The molecular weight excluding hydrogens is 222 g/mol. The molecule has 0 rings (SSSR count). The predicted octanol–water partition coefficient (Wildman–Crippen LogP) is 0.986. The van der Waals surface area contributed by atoms with E-state index in [1.807, 2.05) is 0 Å². The first-order valence-corrected chi connectivity index (χ1v) is 5.40. The van der Waals surface area contributed by atoms with Crippen molar-refractivity contribution in [3.8, 4) is 0 Å². The molecule has 0 saturated carbocycles. The summed E-state index contributed by atoms with van der Waals surface area (Å²) in [6, 6.07) is 0. The number of amides is 1. The SMILES string of the molecule is CC(C)(C/C=C/C(=O)[O-])NC(=O)OC(C)(C)C. The van der Waals surface area contributed by atoms with E-state index in [4.69, 9.17) is 4.74 Å². The van der Waals surface area contributed by atoms with Gasteiger partial charge in [0, 0.05) is 5.54 Å². The normalized spacial score (nSPS) is 12.5. The summed E-state index contributed by atoms with van der Waals surface area (Å²) >= 11 is 0. The molecule has 0 heterocycles. The fraction of sp³-hybridized carbons (Fsp3) is 0.667. The lowest BCUT2D eigenvalue weighted by Gasteiger charge is -2.27. The zero-order valence-electron chi connectivity index (χ0n) is 11.0. The zero-order chi connectivity index (χ0) is 13.7. The molecular formula is C12H20NO4-. The van der Waals surface area contributed by atoms with Crippen molar-refractivity contribution in [1.82, 2.24) is 5.32 Å². The highest BCUT2D eigenvalue weighted by molar-refractivity contribution is 5.77. The van der Waals surface area contributed by atoms with Crippen LogP contribution in [0.3, 0.4) is 0 Å². The molecule has 0 aromatic carbocycles. The van der Waals surface area contributed by atoms with Crippen molar-refractivity contribution in [3.63, 3.8) is 0 Å². The Balaban J connectivity index is 4.25. The molecule has 0 atom stereocenters. The Labute approximate surface area is 102 Å². The number of carboxylic acids is 1. The van der Waals surface area contributed by atoms with E-state index in [2.05, 4.69) is 5.32 Å². The highest BCUT2D eigenvalue weighted by Gasteiger charge is 2.23. The van der Waals surface area contributed by atoms with Crippen LogP contribution in [-0.4, -0.2) is 23.2 Å². The van der Waals surface area contributed by atoms with Crippen LogP contribution in [0.5, 0.6) is 0 Å². The molecule has 0 aliphatic carbocycles. The number of aliphatic carboxylic acids is 1. The Morgan fingerprint density at radius 1 is 1.24 bits per heavy atom. The second-order valence-electron chi connectivity index (χ2n) is 5.44. The Bertz CT molecular complexity index is 313. The molecule has 0 aromatic heterocycles. The highest BCUT2D eigenvalue weighted by Crippen LogP contribution is 2.12. The van der Waals surface area contributed by atoms with Gasteiger partial charge >= 0.3 is 6.09 Å². The summed E-state index contributed by atoms with van der Waals surface area (Å²) in [7, 11) is 0. The minimum Gasteiger partial charge on any atom is -0.545 e. The topological polar surface area (TPSA) is 78.5 Å². The van der Waals surface area contributed by atoms with Gasteiger partial charge in [0.2, 0.25) is 0 Å². The van der Waals surface area contributed by atoms with Crippen molar-refractivity contribution >= 4 is 12.1 Å². The number of ether oxygens (including phenoxy) is 1. The maximum absolute atomic E-state index is 11.5. The van der Waals surface area contributed by atoms with E-state index in [-0.39, 0.29) is 0 Å². The van der Waals surface area contributed by atoms with E-state index in [1.165, 1.54) is 6.08 Å². The van der Waals surface area contributed by atoms with Crippen molar-refractivity contribution in [2.24, 2.45) is 0 Å². The summed E-state index contributed by atoms with van der Waals surface area (Å²) in [4.78, 5) is 21.7. The molecule has 1 amide bonds. The predicted molar refractivity (Wildman–Crippen MR) is 62.2 cm³/mol. The molecule has 5 nitrogen and oxygen atoms in total. The highest BCUT2D eigenvalue weighted by atomic mass is 16.6. The van der Waals surface area contributed by atoms with E-state index in [0.717, 1.165) is 6.08 Å². The quantitative estimate of drug-likeness (QED) is 0.745.